The summed E-state index contributed by atoms with van der Waals surface area (Å²) in [6, 6.07) is 10.1. The average molecular weight is 285 g/mol. The fraction of sp³-hybridized carbons (Fsp3) is 0.556. The van der Waals surface area contributed by atoms with Crippen molar-refractivity contribution in [2.45, 2.75) is 46.0 Å². The van der Waals surface area contributed by atoms with Crippen LogP contribution in [0.2, 0.25) is 0 Å². The van der Waals surface area contributed by atoms with Gasteiger partial charge in [-0.1, -0.05) is 44.2 Å². The van der Waals surface area contributed by atoms with Gasteiger partial charge in [0.25, 0.3) is 0 Å². The van der Waals surface area contributed by atoms with Crippen molar-refractivity contribution in [3.05, 3.63) is 35.9 Å². The van der Waals surface area contributed by atoms with Crippen molar-refractivity contribution >= 4 is 11.8 Å². The summed E-state index contributed by atoms with van der Waals surface area (Å²) in [5, 5.41) is 2.55. The van der Waals surface area contributed by atoms with Crippen LogP contribution in [-0.4, -0.2) is 11.8 Å². The lowest BCUT2D eigenvalue weighted by Crippen LogP contribution is -2.52. The molecular formula is C18H23NO2. The quantitative estimate of drug-likeness (QED) is 0.849. The van der Waals surface area contributed by atoms with Gasteiger partial charge in [0.05, 0.1) is 0 Å². The third-order valence-corrected chi connectivity index (χ3v) is 5.24. The van der Waals surface area contributed by atoms with Crippen LogP contribution < -0.4 is 5.32 Å². The molecule has 3 nitrogen and oxygen atoms in total. The van der Waals surface area contributed by atoms with E-state index in [0.717, 1.165) is 25.7 Å². The summed E-state index contributed by atoms with van der Waals surface area (Å²) in [6.07, 6.45) is 4.28. The lowest BCUT2D eigenvalue weighted by molar-refractivity contribution is -0.143. The fourth-order valence-electron chi connectivity index (χ4n) is 4.31. The largest absolute Gasteiger partial charge is 0.296 e. The zero-order chi connectivity index (χ0) is 15.1. The van der Waals surface area contributed by atoms with E-state index in [2.05, 4.69) is 31.3 Å². The first-order valence-electron chi connectivity index (χ1n) is 7.78. The summed E-state index contributed by atoms with van der Waals surface area (Å²) < 4.78 is 0. The van der Waals surface area contributed by atoms with Gasteiger partial charge in [0.2, 0.25) is 11.8 Å². The SMILES string of the molecule is CC1(C)CCC2(CC(=O)NC(=O)C2Cc2ccccc2)C1. The van der Waals surface area contributed by atoms with Gasteiger partial charge in [-0.15, -0.1) is 0 Å². The molecule has 3 heteroatoms. The van der Waals surface area contributed by atoms with Gasteiger partial charge in [0.15, 0.2) is 0 Å². The molecule has 1 spiro atoms. The van der Waals surface area contributed by atoms with Crippen LogP contribution in [0.1, 0.15) is 45.1 Å². The Labute approximate surface area is 126 Å². The molecule has 21 heavy (non-hydrogen) atoms. The minimum Gasteiger partial charge on any atom is -0.296 e. The van der Waals surface area contributed by atoms with Gasteiger partial charge in [-0.3, -0.25) is 14.9 Å². The molecule has 1 aliphatic heterocycles. The van der Waals surface area contributed by atoms with Gasteiger partial charge in [-0.05, 0) is 42.1 Å². The maximum absolute atomic E-state index is 12.4. The summed E-state index contributed by atoms with van der Waals surface area (Å²) in [7, 11) is 0. The van der Waals surface area contributed by atoms with Crippen LogP contribution in [0.4, 0.5) is 0 Å². The van der Waals surface area contributed by atoms with Crippen molar-refractivity contribution in [1.29, 1.82) is 0 Å². The second kappa shape index (κ2) is 4.97. The molecule has 1 saturated carbocycles. The summed E-state index contributed by atoms with van der Waals surface area (Å²) in [6.45, 7) is 4.50. The molecule has 1 saturated heterocycles. The maximum Gasteiger partial charge on any atom is 0.230 e. The predicted molar refractivity (Wildman–Crippen MR) is 81.5 cm³/mol. The highest BCUT2D eigenvalue weighted by Gasteiger charge is 2.53. The summed E-state index contributed by atoms with van der Waals surface area (Å²) in [4.78, 5) is 24.4. The molecule has 2 aliphatic rings. The third kappa shape index (κ3) is 2.74. The Morgan fingerprint density at radius 1 is 1.14 bits per heavy atom. The predicted octanol–water partition coefficient (Wildman–Crippen LogP) is 3.09. The van der Waals surface area contributed by atoms with Gasteiger partial charge < -0.3 is 0 Å². The number of nitrogens with one attached hydrogen (secondary N) is 1. The van der Waals surface area contributed by atoms with Crippen molar-refractivity contribution in [2.75, 3.05) is 0 Å². The van der Waals surface area contributed by atoms with Gasteiger partial charge in [0.1, 0.15) is 0 Å². The van der Waals surface area contributed by atoms with E-state index < -0.39 is 0 Å². The van der Waals surface area contributed by atoms with Crippen LogP contribution in [0.15, 0.2) is 30.3 Å². The van der Waals surface area contributed by atoms with E-state index in [9.17, 15) is 9.59 Å². The number of carbonyl (C=O) groups is 2. The van der Waals surface area contributed by atoms with Gasteiger partial charge >= 0.3 is 0 Å². The molecule has 1 aromatic carbocycles. The Balaban J connectivity index is 1.91. The van der Waals surface area contributed by atoms with Crippen LogP contribution in [-0.2, 0) is 16.0 Å². The molecule has 1 aromatic rings. The summed E-state index contributed by atoms with van der Waals surface area (Å²) in [5.41, 5.74) is 1.27. The highest BCUT2D eigenvalue weighted by atomic mass is 16.2. The molecule has 2 unspecified atom stereocenters. The smallest absolute Gasteiger partial charge is 0.230 e. The number of carbonyl (C=O) groups excluding carboxylic acids is 2. The third-order valence-electron chi connectivity index (χ3n) is 5.24. The number of benzene rings is 1. The van der Waals surface area contributed by atoms with Gasteiger partial charge in [-0.25, -0.2) is 0 Å². The first-order chi connectivity index (χ1) is 9.90. The molecule has 2 fully saturated rings. The zero-order valence-electron chi connectivity index (χ0n) is 12.8. The van der Waals surface area contributed by atoms with E-state index in [-0.39, 0.29) is 28.6 Å². The van der Waals surface area contributed by atoms with Crippen LogP contribution >= 0.6 is 0 Å². The van der Waals surface area contributed by atoms with E-state index in [1.165, 1.54) is 5.56 Å². The molecule has 0 radical (unpaired) electrons. The molecule has 1 heterocycles. The van der Waals surface area contributed by atoms with Crippen molar-refractivity contribution in [3.63, 3.8) is 0 Å². The molecule has 1 aliphatic carbocycles. The minimum atomic E-state index is -0.140. The van der Waals surface area contributed by atoms with Crippen molar-refractivity contribution in [3.8, 4) is 0 Å². The molecule has 112 valence electrons. The highest BCUT2D eigenvalue weighted by molar-refractivity contribution is 5.99. The normalized spacial score (nSPS) is 31.4. The first-order valence-corrected chi connectivity index (χ1v) is 7.78. The molecule has 2 atom stereocenters. The monoisotopic (exact) mass is 285 g/mol. The zero-order valence-corrected chi connectivity index (χ0v) is 12.8. The lowest BCUT2D eigenvalue weighted by Gasteiger charge is -2.41. The Hall–Kier alpha value is -1.64. The van der Waals surface area contributed by atoms with Crippen molar-refractivity contribution in [1.82, 2.24) is 5.32 Å². The fourth-order valence-corrected chi connectivity index (χ4v) is 4.31. The number of imide groups is 1. The van der Waals surface area contributed by atoms with Crippen LogP contribution in [0.3, 0.4) is 0 Å². The maximum atomic E-state index is 12.4. The number of amides is 2. The Morgan fingerprint density at radius 2 is 1.86 bits per heavy atom. The van der Waals surface area contributed by atoms with Crippen molar-refractivity contribution < 1.29 is 9.59 Å². The lowest BCUT2D eigenvalue weighted by atomic mass is 9.65. The molecular weight excluding hydrogens is 262 g/mol. The van der Waals surface area contributed by atoms with Crippen LogP contribution in [0, 0.1) is 16.7 Å². The average Bonchev–Trinajstić information content (AvgIpc) is 2.71. The van der Waals surface area contributed by atoms with E-state index in [0.29, 0.717) is 6.42 Å². The number of hydrogen-bond donors (Lipinski definition) is 1. The molecule has 1 N–H and O–H groups in total. The van der Waals surface area contributed by atoms with Gasteiger partial charge in [0, 0.05) is 12.3 Å². The van der Waals surface area contributed by atoms with E-state index >= 15 is 0 Å². The summed E-state index contributed by atoms with van der Waals surface area (Å²) >= 11 is 0. The van der Waals surface area contributed by atoms with Gasteiger partial charge in [-0.2, -0.15) is 0 Å². The Bertz CT molecular complexity index is 564. The van der Waals surface area contributed by atoms with Crippen LogP contribution in [0.25, 0.3) is 0 Å². The highest BCUT2D eigenvalue weighted by Crippen LogP contribution is 2.56. The Morgan fingerprint density at radius 3 is 2.48 bits per heavy atom. The van der Waals surface area contributed by atoms with E-state index in [4.69, 9.17) is 0 Å². The number of hydrogen-bond acceptors (Lipinski definition) is 2. The number of piperidine rings is 1. The molecule has 0 bridgehead atoms. The molecule has 3 rings (SSSR count). The second-order valence-corrected chi connectivity index (χ2v) is 7.53. The molecule has 2 amide bonds. The standard InChI is InChI=1S/C18H23NO2/c1-17(2)8-9-18(12-17)11-15(20)19-16(21)14(18)10-13-6-4-3-5-7-13/h3-7,14H,8-12H2,1-2H3,(H,19,20,21). The Kier molecular flexibility index (Phi) is 3.39. The van der Waals surface area contributed by atoms with E-state index in [1.54, 1.807) is 0 Å². The molecule has 0 aromatic heterocycles. The summed E-state index contributed by atoms with van der Waals surface area (Å²) in [5.74, 6) is -0.255. The van der Waals surface area contributed by atoms with Crippen molar-refractivity contribution in [2.24, 2.45) is 16.7 Å². The first kappa shape index (κ1) is 14.3. The number of rotatable bonds is 2. The van der Waals surface area contributed by atoms with E-state index in [1.807, 2.05) is 18.2 Å². The van der Waals surface area contributed by atoms with Crippen LogP contribution in [0.5, 0.6) is 0 Å². The second-order valence-electron chi connectivity index (χ2n) is 7.53. The topological polar surface area (TPSA) is 46.2 Å². The minimum absolute atomic E-state index is 0.0761.